The number of fused-ring (bicyclic) bond motifs is 2. The summed E-state index contributed by atoms with van der Waals surface area (Å²) in [5, 5.41) is 12.0. The fourth-order valence-corrected chi connectivity index (χ4v) is 3.96. The molecule has 4 aromatic rings. The van der Waals surface area contributed by atoms with Crippen molar-refractivity contribution in [1.29, 1.82) is 0 Å². The molecule has 1 unspecified atom stereocenters. The molecule has 1 aliphatic heterocycles. The Morgan fingerprint density at radius 2 is 1.79 bits per heavy atom. The van der Waals surface area contributed by atoms with Crippen molar-refractivity contribution >= 4 is 16.9 Å². The fraction of sp³-hybridized carbons (Fsp3) is 0.130. The minimum Gasteiger partial charge on any atom is -0.363 e. The van der Waals surface area contributed by atoms with Crippen LogP contribution in [-0.4, -0.2) is 25.5 Å². The predicted octanol–water partition coefficient (Wildman–Crippen LogP) is 3.22. The highest BCUT2D eigenvalue weighted by molar-refractivity contribution is 6.00. The maximum atomic E-state index is 13.2. The summed E-state index contributed by atoms with van der Waals surface area (Å²) in [5.41, 5.74) is 2.80. The monoisotopic (exact) mass is 368 g/mol. The summed E-state index contributed by atoms with van der Waals surface area (Å²) in [4.78, 5) is 19.0. The smallest absolute Gasteiger partial charge is 0.257 e. The maximum Gasteiger partial charge on any atom is 0.257 e. The average molecular weight is 368 g/mol. The number of amides is 1. The van der Waals surface area contributed by atoms with Crippen molar-refractivity contribution < 1.29 is 9.90 Å². The molecular formula is C23H18N3O2. The van der Waals surface area contributed by atoms with Gasteiger partial charge in [-0.2, -0.15) is 0 Å². The van der Waals surface area contributed by atoms with Crippen LogP contribution in [0.15, 0.2) is 72.8 Å². The Hall–Kier alpha value is -3.44. The number of aromatic nitrogens is 2. The van der Waals surface area contributed by atoms with E-state index >= 15 is 0 Å². The molecule has 1 aromatic heterocycles. The van der Waals surface area contributed by atoms with Crippen LogP contribution >= 0.6 is 0 Å². The molecule has 0 fully saturated rings. The molecule has 0 saturated carbocycles. The first-order chi connectivity index (χ1) is 13.6. The maximum absolute atomic E-state index is 13.2. The number of imidazole rings is 1. The van der Waals surface area contributed by atoms with E-state index in [9.17, 15) is 9.90 Å². The lowest BCUT2D eigenvalue weighted by molar-refractivity contribution is -0.0542. The summed E-state index contributed by atoms with van der Waals surface area (Å²) in [7, 11) is 1.86. The third-order valence-electron chi connectivity index (χ3n) is 5.41. The molecule has 1 aliphatic rings. The third-order valence-corrected chi connectivity index (χ3v) is 5.41. The first kappa shape index (κ1) is 16.7. The van der Waals surface area contributed by atoms with E-state index in [1.54, 1.807) is 10.6 Å². The van der Waals surface area contributed by atoms with Gasteiger partial charge in [0.2, 0.25) is 0 Å². The van der Waals surface area contributed by atoms with Crippen molar-refractivity contribution in [3.05, 3.63) is 101 Å². The first-order valence-electron chi connectivity index (χ1n) is 9.11. The fourth-order valence-electron chi connectivity index (χ4n) is 3.96. The Bertz CT molecular complexity index is 1200. The zero-order valence-electron chi connectivity index (χ0n) is 15.3. The lowest BCUT2D eigenvalue weighted by atomic mass is 9.93. The summed E-state index contributed by atoms with van der Waals surface area (Å²) < 4.78 is 1.78. The van der Waals surface area contributed by atoms with Gasteiger partial charge in [0.15, 0.2) is 12.1 Å². The summed E-state index contributed by atoms with van der Waals surface area (Å²) >= 11 is 0. The molecule has 0 spiro atoms. The molecular weight excluding hydrogens is 350 g/mol. The largest absolute Gasteiger partial charge is 0.363 e. The topological polar surface area (TPSA) is 58.4 Å². The molecule has 2 heterocycles. The van der Waals surface area contributed by atoms with Gasteiger partial charge in [-0.1, -0.05) is 54.6 Å². The van der Waals surface area contributed by atoms with Gasteiger partial charge in [-0.3, -0.25) is 9.69 Å². The van der Waals surface area contributed by atoms with Gasteiger partial charge >= 0.3 is 0 Å². The van der Waals surface area contributed by atoms with Crippen LogP contribution in [0.2, 0.25) is 0 Å². The van der Waals surface area contributed by atoms with E-state index in [-0.39, 0.29) is 5.91 Å². The molecule has 137 valence electrons. The van der Waals surface area contributed by atoms with Crippen molar-refractivity contribution in [3.63, 3.8) is 0 Å². The van der Waals surface area contributed by atoms with Gasteiger partial charge < -0.3 is 9.67 Å². The van der Waals surface area contributed by atoms with E-state index in [4.69, 9.17) is 0 Å². The van der Waals surface area contributed by atoms with Crippen molar-refractivity contribution in [1.82, 2.24) is 14.5 Å². The normalized spacial score (nSPS) is 18.6. The van der Waals surface area contributed by atoms with Crippen LogP contribution in [-0.2, 0) is 19.3 Å². The number of carbonyl (C=O) groups excluding carboxylic acids is 1. The molecule has 3 aromatic carbocycles. The van der Waals surface area contributed by atoms with Crippen LogP contribution in [0, 0.1) is 6.33 Å². The lowest BCUT2D eigenvalue weighted by Crippen LogP contribution is -2.44. The number of carbonyl (C=O) groups is 1. The second-order valence-electron chi connectivity index (χ2n) is 7.07. The van der Waals surface area contributed by atoms with Crippen LogP contribution in [0.5, 0.6) is 0 Å². The second-order valence-corrected chi connectivity index (χ2v) is 7.07. The highest BCUT2D eigenvalue weighted by Gasteiger charge is 2.49. The van der Waals surface area contributed by atoms with Gasteiger partial charge in [0.1, 0.15) is 0 Å². The molecule has 1 atom stereocenters. The summed E-state index contributed by atoms with van der Waals surface area (Å²) in [6.07, 6.45) is 2.89. The number of aryl methyl sites for hydroxylation is 1. The molecule has 5 nitrogen and oxygen atoms in total. The Kier molecular flexibility index (Phi) is 3.60. The van der Waals surface area contributed by atoms with Crippen LogP contribution in [0.25, 0.3) is 11.0 Å². The van der Waals surface area contributed by atoms with E-state index < -0.39 is 5.72 Å². The Morgan fingerprint density at radius 3 is 2.61 bits per heavy atom. The Morgan fingerprint density at radius 1 is 1.04 bits per heavy atom. The van der Waals surface area contributed by atoms with Gasteiger partial charge in [-0.25, -0.2) is 4.98 Å². The number of hydrogen-bond acceptors (Lipinski definition) is 3. The SMILES string of the molecule is Cn1[c]nc2ccc(C3(O)c4ccccc4C(=O)N3Cc3ccccc3)cc21. The van der Waals surface area contributed by atoms with E-state index in [0.29, 0.717) is 23.2 Å². The van der Waals surface area contributed by atoms with Crippen LogP contribution in [0.4, 0.5) is 0 Å². The summed E-state index contributed by atoms with van der Waals surface area (Å²) in [5.74, 6) is -0.182. The Labute approximate surface area is 162 Å². The number of nitrogens with zero attached hydrogens (tertiary/aromatic N) is 3. The average Bonchev–Trinajstić information content (AvgIpc) is 3.21. The predicted molar refractivity (Wildman–Crippen MR) is 105 cm³/mol. The zero-order valence-corrected chi connectivity index (χ0v) is 15.3. The summed E-state index contributed by atoms with van der Waals surface area (Å²) in [6.45, 7) is 0.306. The standard InChI is InChI=1S/C23H18N3O2/c1-25-15-24-20-12-11-17(13-21(20)25)23(28)19-10-6-5-9-18(19)22(27)26(23)14-16-7-3-2-4-8-16/h2-13,28H,14H2,1H3. The molecule has 0 bridgehead atoms. The lowest BCUT2D eigenvalue weighted by Gasteiger charge is -2.35. The first-order valence-corrected chi connectivity index (χ1v) is 9.11. The van der Waals surface area contributed by atoms with Crippen LogP contribution in [0.3, 0.4) is 0 Å². The summed E-state index contributed by atoms with van der Waals surface area (Å²) in [6, 6.07) is 22.5. The highest BCUT2D eigenvalue weighted by Crippen LogP contribution is 2.43. The van der Waals surface area contributed by atoms with Crippen LogP contribution in [0.1, 0.15) is 27.0 Å². The van der Waals surface area contributed by atoms with Crippen molar-refractivity contribution in [2.45, 2.75) is 12.3 Å². The quantitative estimate of drug-likeness (QED) is 0.604. The van der Waals surface area contributed by atoms with Crippen molar-refractivity contribution in [2.24, 2.45) is 7.05 Å². The number of benzene rings is 3. The molecule has 0 aliphatic carbocycles. The minimum atomic E-state index is -1.55. The van der Waals surface area contributed by atoms with Crippen molar-refractivity contribution in [2.75, 3.05) is 0 Å². The zero-order chi connectivity index (χ0) is 19.3. The molecule has 1 radical (unpaired) electrons. The molecule has 0 saturated heterocycles. The van der Waals surface area contributed by atoms with Gasteiger partial charge in [-0.15, -0.1) is 0 Å². The molecule has 5 heteroatoms. The minimum absolute atomic E-state index is 0.182. The number of rotatable bonds is 3. The van der Waals surface area contributed by atoms with E-state index in [0.717, 1.165) is 16.6 Å². The van der Waals surface area contributed by atoms with E-state index in [2.05, 4.69) is 11.3 Å². The Balaban J connectivity index is 1.71. The third kappa shape index (κ3) is 2.30. The molecule has 5 rings (SSSR count). The number of aliphatic hydroxyl groups is 1. The van der Waals surface area contributed by atoms with Gasteiger partial charge in [0.25, 0.3) is 5.91 Å². The molecule has 1 N–H and O–H groups in total. The van der Waals surface area contributed by atoms with E-state index in [1.165, 1.54) is 4.90 Å². The molecule has 1 amide bonds. The van der Waals surface area contributed by atoms with Gasteiger partial charge in [-0.05, 0) is 23.8 Å². The van der Waals surface area contributed by atoms with Crippen LogP contribution < -0.4 is 0 Å². The van der Waals surface area contributed by atoms with Crippen molar-refractivity contribution in [3.8, 4) is 0 Å². The number of hydrogen-bond donors (Lipinski definition) is 1. The molecule has 28 heavy (non-hydrogen) atoms. The second kappa shape index (κ2) is 6.04. The van der Waals surface area contributed by atoms with E-state index in [1.807, 2.05) is 73.8 Å². The van der Waals surface area contributed by atoms with Gasteiger partial charge in [0, 0.05) is 30.3 Å². The highest BCUT2D eigenvalue weighted by atomic mass is 16.3. The van der Waals surface area contributed by atoms with Gasteiger partial charge in [0.05, 0.1) is 11.0 Å².